The number of amides is 1. The number of anilines is 1. The van der Waals surface area contributed by atoms with Gasteiger partial charge < -0.3 is 15.2 Å². The molecule has 2 rings (SSSR count). The van der Waals surface area contributed by atoms with Gasteiger partial charge in [-0.3, -0.25) is 9.59 Å². The summed E-state index contributed by atoms with van der Waals surface area (Å²) in [6, 6.07) is 5.13. The summed E-state index contributed by atoms with van der Waals surface area (Å²) >= 11 is 0. The lowest BCUT2D eigenvalue weighted by Gasteiger charge is -2.21. The molecule has 0 aliphatic heterocycles. The van der Waals surface area contributed by atoms with Gasteiger partial charge in [0.1, 0.15) is 6.54 Å². The number of hydrogen-bond donors (Lipinski definition) is 1. The number of hydrogen-bond acceptors (Lipinski definition) is 4. The van der Waals surface area contributed by atoms with Crippen LogP contribution in [0.3, 0.4) is 0 Å². The van der Waals surface area contributed by atoms with Crippen molar-refractivity contribution in [2.24, 2.45) is 0 Å². The topological polar surface area (TPSA) is 92.1 Å². The molecule has 1 heterocycles. The molecule has 0 atom stereocenters. The van der Waals surface area contributed by atoms with E-state index in [4.69, 9.17) is 11.0 Å². The fourth-order valence-electron chi connectivity index (χ4n) is 1.98. The summed E-state index contributed by atoms with van der Waals surface area (Å²) in [5.74, 6) is -0.134. The number of nitrogens with zero attached hydrogens (tertiary/aromatic N) is 3. The number of nitrogens with two attached hydrogens (primary N) is 1. The minimum absolute atomic E-state index is 0.0220. The van der Waals surface area contributed by atoms with E-state index in [0.717, 1.165) is 12.8 Å². The van der Waals surface area contributed by atoms with E-state index >= 15 is 0 Å². The molecule has 1 aliphatic carbocycles. The first-order valence-electron chi connectivity index (χ1n) is 6.24. The van der Waals surface area contributed by atoms with Gasteiger partial charge in [-0.15, -0.1) is 0 Å². The Bertz CT molecular complexity index is 569. The monoisotopic (exact) mass is 260 g/mol. The van der Waals surface area contributed by atoms with E-state index in [1.165, 1.54) is 22.9 Å². The van der Waals surface area contributed by atoms with Crippen LogP contribution in [0.1, 0.15) is 19.3 Å². The standard InChI is InChI=1S/C13H16N4O2/c14-6-1-7-17(11-3-4-11)13(19)9-16-8-10(15)2-5-12(16)18/h2,5,8,11H,1,3-4,7,9,15H2. The summed E-state index contributed by atoms with van der Waals surface area (Å²) < 4.78 is 1.30. The number of carbonyl (C=O) groups is 1. The van der Waals surface area contributed by atoms with Gasteiger partial charge in [-0.05, 0) is 18.9 Å². The Hall–Kier alpha value is -2.29. The fraction of sp³-hybridized carbons (Fsp3) is 0.462. The molecule has 0 radical (unpaired) electrons. The van der Waals surface area contributed by atoms with Crippen molar-refractivity contribution in [1.82, 2.24) is 9.47 Å². The lowest BCUT2D eigenvalue weighted by atomic mass is 10.3. The van der Waals surface area contributed by atoms with Gasteiger partial charge in [0.2, 0.25) is 5.91 Å². The van der Waals surface area contributed by atoms with Gasteiger partial charge in [0, 0.05) is 30.5 Å². The molecule has 0 spiro atoms. The Morgan fingerprint density at radius 2 is 2.26 bits per heavy atom. The summed E-state index contributed by atoms with van der Waals surface area (Å²) in [5.41, 5.74) is 5.80. The molecule has 0 bridgehead atoms. The van der Waals surface area contributed by atoms with Crippen molar-refractivity contribution in [3.8, 4) is 6.07 Å². The predicted octanol–water partition coefficient (Wildman–Crippen LogP) is 0.335. The normalized spacial score (nSPS) is 13.8. The highest BCUT2D eigenvalue weighted by atomic mass is 16.2. The Kier molecular flexibility index (Phi) is 3.85. The first-order chi connectivity index (χ1) is 9.11. The van der Waals surface area contributed by atoms with Crippen LogP contribution in [0.2, 0.25) is 0 Å². The molecule has 1 amide bonds. The molecular formula is C13H16N4O2. The maximum Gasteiger partial charge on any atom is 0.251 e. The number of nitrogen functional groups attached to an aromatic ring is 1. The van der Waals surface area contributed by atoms with Gasteiger partial charge in [0.05, 0.1) is 12.5 Å². The molecule has 1 saturated carbocycles. The second-order valence-electron chi connectivity index (χ2n) is 4.65. The van der Waals surface area contributed by atoms with Crippen LogP contribution in [0, 0.1) is 11.3 Å². The maximum atomic E-state index is 12.2. The minimum Gasteiger partial charge on any atom is -0.398 e. The van der Waals surface area contributed by atoms with Crippen molar-refractivity contribution in [3.63, 3.8) is 0 Å². The van der Waals surface area contributed by atoms with Gasteiger partial charge in [-0.25, -0.2) is 0 Å². The lowest BCUT2D eigenvalue weighted by molar-refractivity contribution is -0.132. The molecule has 0 saturated heterocycles. The fourth-order valence-corrected chi connectivity index (χ4v) is 1.98. The van der Waals surface area contributed by atoms with Crippen LogP contribution in [0.15, 0.2) is 23.1 Å². The Morgan fingerprint density at radius 3 is 2.89 bits per heavy atom. The minimum atomic E-state index is -0.251. The molecule has 1 aliphatic rings. The molecule has 100 valence electrons. The van der Waals surface area contributed by atoms with E-state index in [-0.39, 0.29) is 24.1 Å². The lowest BCUT2D eigenvalue weighted by Crippen LogP contribution is -2.38. The zero-order chi connectivity index (χ0) is 13.8. The van der Waals surface area contributed by atoms with Crippen molar-refractivity contribution >= 4 is 11.6 Å². The largest absolute Gasteiger partial charge is 0.398 e. The van der Waals surface area contributed by atoms with Crippen LogP contribution in [0.5, 0.6) is 0 Å². The summed E-state index contributed by atoms with van der Waals surface area (Å²) in [6.45, 7) is 0.406. The molecule has 1 aromatic rings. The van der Waals surface area contributed by atoms with E-state index < -0.39 is 0 Å². The molecule has 0 unspecified atom stereocenters. The molecular weight excluding hydrogens is 244 g/mol. The van der Waals surface area contributed by atoms with Crippen LogP contribution in [0.4, 0.5) is 5.69 Å². The van der Waals surface area contributed by atoms with Crippen LogP contribution >= 0.6 is 0 Å². The van der Waals surface area contributed by atoms with Gasteiger partial charge in [0.25, 0.3) is 5.56 Å². The van der Waals surface area contributed by atoms with Crippen molar-refractivity contribution in [2.75, 3.05) is 12.3 Å². The Morgan fingerprint density at radius 1 is 1.53 bits per heavy atom. The second kappa shape index (κ2) is 5.57. The highest BCUT2D eigenvalue weighted by molar-refractivity contribution is 5.76. The van der Waals surface area contributed by atoms with E-state index in [1.807, 2.05) is 6.07 Å². The summed E-state index contributed by atoms with van der Waals surface area (Å²) in [4.78, 5) is 25.5. The Balaban J connectivity index is 2.08. The van der Waals surface area contributed by atoms with E-state index in [0.29, 0.717) is 18.7 Å². The summed E-state index contributed by atoms with van der Waals surface area (Å²) in [5, 5.41) is 8.61. The average molecular weight is 260 g/mol. The SMILES string of the molecule is N#CCCN(C(=O)Cn1cc(N)ccc1=O)C1CC1. The highest BCUT2D eigenvalue weighted by Crippen LogP contribution is 2.27. The van der Waals surface area contributed by atoms with Crippen molar-refractivity contribution in [3.05, 3.63) is 28.7 Å². The number of pyridine rings is 1. The first-order valence-corrected chi connectivity index (χ1v) is 6.24. The van der Waals surface area contributed by atoms with Gasteiger partial charge in [-0.1, -0.05) is 0 Å². The molecule has 19 heavy (non-hydrogen) atoms. The van der Waals surface area contributed by atoms with Crippen LogP contribution in [0.25, 0.3) is 0 Å². The van der Waals surface area contributed by atoms with Gasteiger partial charge in [0.15, 0.2) is 0 Å². The zero-order valence-electron chi connectivity index (χ0n) is 10.6. The van der Waals surface area contributed by atoms with Crippen LogP contribution in [-0.4, -0.2) is 28.0 Å². The predicted molar refractivity (Wildman–Crippen MR) is 70.1 cm³/mol. The quantitative estimate of drug-likeness (QED) is 0.826. The number of aromatic nitrogens is 1. The molecule has 1 fully saturated rings. The number of nitriles is 1. The molecule has 0 aromatic carbocycles. The third-order valence-corrected chi connectivity index (χ3v) is 3.08. The van der Waals surface area contributed by atoms with E-state index in [2.05, 4.69) is 0 Å². The van der Waals surface area contributed by atoms with Crippen LogP contribution in [-0.2, 0) is 11.3 Å². The van der Waals surface area contributed by atoms with Crippen molar-refractivity contribution < 1.29 is 4.79 Å². The van der Waals surface area contributed by atoms with E-state index in [1.54, 1.807) is 4.90 Å². The van der Waals surface area contributed by atoms with Crippen molar-refractivity contribution in [2.45, 2.75) is 31.8 Å². The average Bonchev–Trinajstić information content (AvgIpc) is 3.19. The van der Waals surface area contributed by atoms with Crippen molar-refractivity contribution in [1.29, 1.82) is 5.26 Å². The summed E-state index contributed by atoms with van der Waals surface area (Å²) in [7, 11) is 0. The molecule has 6 heteroatoms. The molecule has 1 aromatic heterocycles. The van der Waals surface area contributed by atoms with Gasteiger partial charge >= 0.3 is 0 Å². The Labute approximate surface area is 111 Å². The van der Waals surface area contributed by atoms with Gasteiger partial charge in [-0.2, -0.15) is 5.26 Å². The van der Waals surface area contributed by atoms with E-state index in [9.17, 15) is 9.59 Å². The molecule has 2 N–H and O–H groups in total. The molecule has 6 nitrogen and oxygen atoms in total. The summed E-state index contributed by atoms with van der Waals surface area (Å²) in [6.07, 6.45) is 3.73. The number of carbonyl (C=O) groups excluding carboxylic acids is 1. The first kappa shape index (κ1) is 13.1. The number of rotatable bonds is 5. The third kappa shape index (κ3) is 3.35. The zero-order valence-corrected chi connectivity index (χ0v) is 10.6. The smallest absolute Gasteiger partial charge is 0.251 e. The third-order valence-electron chi connectivity index (χ3n) is 3.08. The highest BCUT2D eigenvalue weighted by Gasteiger charge is 2.32. The maximum absolute atomic E-state index is 12.2. The van der Waals surface area contributed by atoms with Crippen LogP contribution < -0.4 is 11.3 Å². The second-order valence-corrected chi connectivity index (χ2v) is 4.65.